The van der Waals surface area contributed by atoms with Gasteiger partial charge in [-0.25, -0.2) is 4.98 Å². The van der Waals surface area contributed by atoms with Crippen molar-refractivity contribution in [1.29, 1.82) is 0 Å². The summed E-state index contributed by atoms with van der Waals surface area (Å²) < 4.78 is 0. The molecular formula is C33H36FeN4O4. The molecule has 0 aromatic carbocycles. The summed E-state index contributed by atoms with van der Waals surface area (Å²) in [6, 6.07) is 8.04. The van der Waals surface area contributed by atoms with Gasteiger partial charge >= 0.3 is 23.0 Å². The minimum Gasteiger partial charge on any atom is -0.657 e. The van der Waals surface area contributed by atoms with Crippen LogP contribution >= 0.6 is 0 Å². The van der Waals surface area contributed by atoms with E-state index in [0.717, 1.165) is 72.5 Å². The molecule has 5 rings (SSSR count). The number of carboxylic acid groups (broad SMARTS) is 2. The number of carboxylic acids is 2. The molecule has 0 radical (unpaired) electrons. The van der Waals surface area contributed by atoms with Crippen LogP contribution in [0.15, 0.2) is 24.3 Å². The van der Waals surface area contributed by atoms with Crippen LogP contribution in [0, 0.1) is 20.8 Å². The molecule has 0 aliphatic carbocycles. The Morgan fingerprint density at radius 3 is 2.24 bits per heavy atom. The molecule has 8 nitrogen and oxygen atoms in total. The van der Waals surface area contributed by atoms with Crippen LogP contribution < -0.4 is 10.1 Å². The minimum atomic E-state index is -1.12. The van der Waals surface area contributed by atoms with E-state index in [0.29, 0.717) is 12.1 Å². The number of H-pyrrole nitrogens is 1. The van der Waals surface area contributed by atoms with Gasteiger partial charge in [-0.15, -0.1) is 11.0 Å². The SMILES string of the molecule is CC1=C(CCC(=O)[O-])c2cc3[nH]c(cc4nc(cc5[n-]c(cc1n2)c(C)c5C)C(C)C4(C)C)c(C)c3CCC(=O)O.[Fe+2]. The number of aromatic amines is 1. The van der Waals surface area contributed by atoms with Crippen molar-refractivity contribution in [2.24, 2.45) is 0 Å². The van der Waals surface area contributed by atoms with E-state index in [1.807, 2.05) is 26.0 Å². The molecule has 1 unspecified atom stereocenters. The summed E-state index contributed by atoms with van der Waals surface area (Å²) in [5.74, 6) is -1.83. The Balaban J connectivity index is 0.00000405. The Bertz CT molecular complexity index is 1790. The molecule has 9 heteroatoms. The maximum atomic E-state index is 11.5. The average Bonchev–Trinajstić information content (AvgIpc) is 3.51. The van der Waals surface area contributed by atoms with Crippen LogP contribution in [0.1, 0.15) is 97.9 Å². The number of nitrogens with one attached hydrogen (secondary N) is 1. The van der Waals surface area contributed by atoms with E-state index in [9.17, 15) is 19.8 Å². The summed E-state index contributed by atoms with van der Waals surface area (Å²) in [6.07, 6.45) is 0.485. The molecular weight excluding hydrogens is 572 g/mol. The fourth-order valence-electron chi connectivity index (χ4n) is 5.78. The van der Waals surface area contributed by atoms with Crippen LogP contribution in [0.25, 0.3) is 33.2 Å². The molecule has 3 aromatic heterocycles. The summed E-state index contributed by atoms with van der Waals surface area (Å²) in [4.78, 5) is 41.4. The van der Waals surface area contributed by atoms with Crippen molar-refractivity contribution >= 4 is 45.2 Å². The maximum absolute atomic E-state index is 11.5. The van der Waals surface area contributed by atoms with E-state index in [1.54, 1.807) is 0 Å². The number of aliphatic carboxylic acids is 2. The molecule has 0 amide bonds. The Labute approximate surface area is 256 Å². The van der Waals surface area contributed by atoms with Crippen LogP contribution in [0.2, 0.25) is 0 Å². The monoisotopic (exact) mass is 608 g/mol. The molecule has 220 valence electrons. The number of allylic oxidation sites excluding steroid dienone is 2. The number of fused-ring (bicyclic) bond motifs is 8. The van der Waals surface area contributed by atoms with Crippen LogP contribution in [0.3, 0.4) is 0 Å². The maximum Gasteiger partial charge on any atom is 2.00 e. The molecule has 2 aliphatic heterocycles. The quantitative estimate of drug-likeness (QED) is 0.357. The molecule has 42 heavy (non-hydrogen) atoms. The molecule has 0 saturated carbocycles. The molecule has 0 saturated heterocycles. The van der Waals surface area contributed by atoms with Crippen molar-refractivity contribution in [2.75, 3.05) is 0 Å². The first-order valence-electron chi connectivity index (χ1n) is 14.1. The summed E-state index contributed by atoms with van der Waals surface area (Å²) in [5, 5.41) is 20.8. The number of carbonyl (C=O) groups is 2. The number of carbonyl (C=O) groups excluding carboxylic acids is 1. The second-order valence-electron chi connectivity index (χ2n) is 11.9. The first-order chi connectivity index (χ1) is 19.3. The van der Waals surface area contributed by atoms with E-state index in [4.69, 9.17) is 15.0 Å². The van der Waals surface area contributed by atoms with Crippen molar-refractivity contribution in [2.45, 2.75) is 85.5 Å². The molecule has 2 N–H and O–H groups in total. The summed E-state index contributed by atoms with van der Waals surface area (Å²) in [5.41, 5.74) is 12.1. The van der Waals surface area contributed by atoms with Crippen molar-refractivity contribution < 1.29 is 36.9 Å². The third-order valence-electron chi connectivity index (χ3n) is 9.13. The van der Waals surface area contributed by atoms with Crippen LogP contribution in [0.4, 0.5) is 0 Å². The van der Waals surface area contributed by atoms with Gasteiger partial charge in [0.05, 0.1) is 11.4 Å². The van der Waals surface area contributed by atoms with Gasteiger partial charge < -0.3 is 25.0 Å². The zero-order valence-electron chi connectivity index (χ0n) is 25.1. The number of hydrogen-bond donors (Lipinski definition) is 2. The van der Waals surface area contributed by atoms with Gasteiger partial charge in [0, 0.05) is 46.1 Å². The zero-order valence-corrected chi connectivity index (χ0v) is 26.2. The summed E-state index contributed by atoms with van der Waals surface area (Å²) in [7, 11) is 0. The Kier molecular flexibility index (Phi) is 8.59. The van der Waals surface area contributed by atoms with Gasteiger partial charge in [-0.05, 0) is 81.4 Å². The molecule has 0 fully saturated rings. The fraction of sp³-hybridized carbons (Fsp3) is 0.394. The Hall–Kier alpha value is -3.68. The molecule has 0 spiro atoms. The summed E-state index contributed by atoms with van der Waals surface area (Å²) >= 11 is 0. The summed E-state index contributed by atoms with van der Waals surface area (Å²) in [6.45, 7) is 14.6. The predicted molar refractivity (Wildman–Crippen MR) is 158 cm³/mol. The standard InChI is InChI=1S/C33H38N4O4.Fe/c1-16-17(2)24-13-27-20(5)33(6,7)30(37-27)15-26-19(4)22(9-11-32(40)41)29(36-26)14-28-21(8-10-31(38)39)18(3)25(35-28)12-23(16)34-24;/h12-15,20H,8-11H2,1-7H3,(H4,34,35,36,37,38,39,40,41);/q;+2/p-2. The second kappa shape index (κ2) is 11.5. The van der Waals surface area contributed by atoms with Gasteiger partial charge in [0.1, 0.15) is 0 Å². The molecule has 8 bridgehead atoms. The predicted octanol–water partition coefficient (Wildman–Crippen LogP) is 5.43. The van der Waals surface area contributed by atoms with Gasteiger partial charge in [0.2, 0.25) is 0 Å². The van der Waals surface area contributed by atoms with Gasteiger partial charge in [0.15, 0.2) is 0 Å². The average molecular weight is 609 g/mol. The Morgan fingerprint density at radius 2 is 1.60 bits per heavy atom. The third-order valence-corrected chi connectivity index (χ3v) is 9.13. The van der Waals surface area contributed by atoms with E-state index in [-0.39, 0.29) is 47.7 Å². The topological polar surface area (TPSA) is 133 Å². The number of aryl methyl sites for hydroxylation is 4. The van der Waals surface area contributed by atoms with Crippen LogP contribution in [-0.2, 0) is 38.5 Å². The fourth-order valence-corrected chi connectivity index (χ4v) is 5.78. The zero-order chi connectivity index (χ0) is 29.8. The largest absolute Gasteiger partial charge is 2.00 e. The Morgan fingerprint density at radius 1 is 0.929 bits per heavy atom. The number of hydrogen-bond acceptors (Lipinski definition) is 5. The van der Waals surface area contributed by atoms with Crippen molar-refractivity contribution in [3.05, 3.63) is 69.3 Å². The normalized spacial score (nSPS) is 15.9. The first-order valence-corrected chi connectivity index (χ1v) is 14.1. The number of aromatic nitrogens is 4. The minimum absolute atomic E-state index is 0. The second-order valence-corrected chi connectivity index (χ2v) is 11.9. The van der Waals surface area contributed by atoms with Crippen molar-refractivity contribution in [3.8, 4) is 0 Å². The molecule has 1 atom stereocenters. The third kappa shape index (κ3) is 5.55. The van der Waals surface area contributed by atoms with Gasteiger partial charge in [-0.1, -0.05) is 44.0 Å². The van der Waals surface area contributed by atoms with Gasteiger partial charge in [-0.2, -0.15) is 0 Å². The first kappa shape index (κ1) is 31.3. The van der Waals surface area contributed by atoms with E-state index in [2.05, 4.69) is 51.7 Å². The van der Waals surface area contributed by atoms with Crippen LogP contribution in [-0.4, -0.2) is 32.0 Å². The van der Waals surface area contributed by atoms with Crippen molar-refractivity contribution in [3.63, 3.8) is 0 Å². The number of nitrogens with zero attached hydrogens (tertiary/aromatic N) is 3. The van der Waals surface area contributed by atoms with Gasteiger partial charge in [0.25, 0.3) is 0 Å². The van der Waals surface area contributed by atoms with E-state index < -0.39 is 11.9 Å². The molecule has 2 aliphatic rings. The molecule has 3 aromatic rings. The van der Waals surface area contributed by atoms with E-state index >= 15 is 0 Å². The smallest absolute Gasteiger partial charge is 0.657 e. The molecule has 5 heterocycles. The number of rotatable bonds is 6. The van der Waals surface area contributed by atoms with Crippen molar-refractivity contribution in [1.82, 2.24) is 19.9 Å². The van der Waals surface area contributed by atoms with Gasteiger partial charge in [-0.3, -0.25) is 9.78 Å². The van der Waals surface area contributed by atoms with Crippen LogP contribution in [0.5, 0.6) is 0 Å². The van der Waals surface area contributed by atoms with E-state index in [1.165, 1.54) is 0 Å².